The van der Waals surface area contributed by atoms with Crippen molar-refractivity contribution in [1.29, 1.82) is 0 Å². The number of hydrogen-bond acceptors (Lipinski definition) is 3. The molecule has 0 amide bonds. The lowest BCUT2D eigenvalue weighted by atomic mass is 9.79. The summed E-state index contributed by atoms with van der Waals surface area (Å²) < 4.78 is 5.25. The van der Waals surface area contributed by atoms with Crippen molar-refractivity contribution >= 4 is 0 Å². The molecule has 0 aromatic heterocycles. The SMILES string of the molecule is COc1ccc(C2(O)CC3CCC(C2)N3C)c(C)c1. The number of aryl methyl sites for hydroxylation is 1. The molecule has 2 unspecified atom stereocenters. The molecule has 1 N–H and O–H groups in total. The quantitative estimate of drug-likeness (QED) is 0.887. The molecule has 1 aromatic carbocycles. The topological polar surface area (TPSA) is 32.7 Å². The Morgan fingerprint density at radius 2 is 1.89 bits per heavy atom. The largest absolute Gasteiger partial charge is 0.497 e. The minimum Gasteiger partial charge on any atom is -0.497 e. The third kappa shape index (κ3) is 2.05. The molecule has 2 fully saturated rings. The molecule has 3 nitrogen and oxygen atoms in total. The standard InChI is InChI=1S/C16H23NO2/c1-11-8-14(19-3)6-7-15(11)16(18)9-12-4-5-13(10-16)17(12)2/h6-8,12-13,18H,4-5,9-10H2,1-3H3. The number of rotatable bonds is 2. The zero-order chi connectivity index (χ0) is 13.6. The van der Waals surface area contributed by atoms with Crippen molar-refractivity contribution in [2.24, 2.45) is 0 Å². The Hall–Kier alpha value is -1.06. The molecule has 3 rings (SSSR count). The number of nitrogens with zero attached hydrogens (tertiary/aromatic N) is 1. The number of hydrogen-bond donors (Lipinski definition) is 1. The normalized spacial score (nSPS) is 34.5. The van der Waals surface area contributed by atoms with Crippen molar-refractivity contribution in [3.05, 3.63) is 29.3 Å². The van der Waals surface area contributed by atoms with Gasteiger partial charge in [0.05, 0.1) is 12.7 Å². The van der Waals surface area contributed by atoms with Crippen LogP contribution in [0.5, 0.6) is 5.75 Å². The van der Waals surface area contributed by atoms with Crippen molar-refractivity contribution in [3.63, 3.8) is 0 Å². The summed E-state index contributed by atoms with van der Waals surface area (Å²) in [4.78, 5) is 2.45. The van der Waals surface area contributed by atoms with Gasteiger partial charge in [0.25, 0.3) is 0 Å². The molecule has 0 spiro atoms. The molecule has 3 heteroatoms. The summed E-state index contributed by atoms with van der Waals surface area (Å²) in [6.07, 6.45) is 4.15. The molecule has 2 aliphatic heterocycles. The van der Waals surface area contributed by atoms with Gasteiger partial charge in [-0.15, -0.1) is 0 Å². The molecule has 0 saturated carbocycles. The first-order valence-electron chi connectivity index (χ1n) is 7.13. The van der Waals surface area contributed by atoms with Gasteiger partial charge in [-0.25, -0.2) is 0 Å². The molecule has 2 aliphatic rings. The van der Waals surface area contributed by atoms with Gasteiger partial charge >= 0.3 is 0 Å². The van der Waals surface area contributed by atoms with Crippen molar-refractivity contribution < 1.29 is 9.84 Å². The van der Waals surface area contributed by atoms with Crippen LogP contribution in [0.15, 0.2) is 18.2 Å². The number of fused-ring (bicyclic) bond motifs is 2. The second-order valence-corrected chi connectivity index (χ2v) is 6.17. The Morgan fingerprint density at radius 3 is 2.42 bits per heavy atom. The summed E-state index contributed by atoms with van der Waals surface area (Å²) >= 11 is 0. The molecule has 0 radical (unpaired) electrons. The van der Waals surface area contributed by atoms with E-state index in [1.54, 1.807) is 7.11 Å². The summed E-state index contributed by atoms with van der Waals surface area (Å²) in [6.45, 7) is 2.07. The third-order valence-electron chi connectivity index (χ3n) is 5.07. The van der Waals surface area contributed by atoms with Crippen molar-refractivity contribution in [2.45, 2.75) is 50.3 Å². The number of aliphatic hydroxyl groups is 1. The first kappa shape index (κ1) is 12.9. The molecule has 2 heterocycles. The molecule has 2 saturated heterocycles. The van der Waals surface area contributed by atoms with Crippen LogP contribution in [0.1, 0.15) is 36.8 Å². The van der Waals surface area contributed by atoms with Gasteiger partial charge in [-0.3, -0.25) is 0 Å². The van der Waals surface area contributed by atoms with E-state index in [9.17, 15) is 5.11 Å². The molecule has 19 heavy (non-hydrogen) atoms. The zero-order valence-electron chi connectivity index (χ0n) is 12.0. The van der Waals surface area contributed by atoms with Crippen molar-refractivity contribution in [3.8, 4) is 5.75 Å². The van der Waals surface area contributed by atoms with Crippen molar-refractivity contribution in [2.75, 3.05) is 14.2 Å². The lowest BCUT2D eigenvalue weighted by molar-refractivity contribution is -0.0497. The van der Waals surface area contributed by atoms with E-state index in [0.29, 0.717) is 12.1 Å². The first-order valence-corrected chi connectivity index (χ1v) is 7.13. The van der Waals surface area contributed by atoms with Crippen LogP contribution in [0.4, 0.5) is 0 Å². The fourth-order valence-electron chi connectivity index (χ4n) is 3.95. The van der Waals surface area contributed by atoms with E-state index in [1.165, 1.54) is 12.8 Å². The van der Waals surface area contributed by atoms with E-state index < -0.39 is 5.60 Å². The summed E-state index contributed by atoms with van der Waals surface area (Å²) in [5.74, 6) is 0.862. The number of methoxy groups -OCH3 is 1. The van der Waals surface area contributed by atoms with E-state index in [4.69, 9.17) is 4.74 Å². The van der Waals surface area contributed by atoms with Crippen LogP contribution in [0.3, 0.4) is 0 Å². The summed E-state index contributed by atoms with van der Waals surface area (Å²) in [7, 11) is 3.88. The average Bonchev–Trinajstić information content (AvgIpc) is 2.62. The number of ether oxygens (including phenoxy) is 1. The lowest BCUT2D eigenvalue weighted by Gasteiger charge is -2.43. The fraction of sp³-hybridized carbons (Fsp3) is 0.625. The Bertz CT molecular complexity index is 472. The van der Waals surface area contributed by atoms with E-state index in [1.807, 2.05) is 18.2 Å². The highest BCUT2D eigenvalue weighted by atomic mass is 16.5. The molecular formula is C16H23NO2. The van der Waals surface area contributed by atoms with Gasteiger partial charge in [0, 0.05) is 12.1 Å². The number of piperidine rings is 1. The molecular weight excluding hydrogens is 238 g/mol. The average molecular weight is 261 g/mol. The third-order valence-corrected chi connectivity index (χ3v) is 5.07. The van der Waals surface area contributed by atoms with E-state index >= 15 is 0 Å². The van der Waals surface area contributed by atoms with Gasteiger partial charge in [0.1, 0.15) is 5.75 Å². The Kier molecular flexibility index (Phi) is 3.06. The van der Waals surface area contributed by atoms with Gasteiger partial charge in [-0.2, -0.15) is 0 Å². The fourth-order valence-corrected chi connectivity index (χ4v) is 3.95. The van der Waals surface area contributed by atoms with Crippen LogP contribution >= 0.6 is 0 Å². The molecule has 2 bridgehead atoms. The van der Waals surface area contributed by atoms with Crippen LogP contribution in [-0.4, -0.2) is 36.2 Å². The first-order chi connectivity index (χ1) is 9.03. The smallest absolute Gasteiger partial charge is 0.119 e. The maximum absolute atomic E-state index is 11.1. The van der Waals surface area contributed by atoms with Crippen LogP contribution in [-0.2, 0) is 5.60 Å². The molecule has 2 atom stereocenters. The minimum absolute atomic E-state index is 0.533. The predicted octanol–water partition coefficient (Wildman–Crippen LogP) is 2.45. The second-order valence-electron chi connectivity index (χ2n) is 6.17. The van der Waals surface area contributed by atoms with Gasteiger partial charge in [0.15, 0.2) is 0 Å². The Morgan fingerprint density at radius 1 is 1.26 bits per heavy atom. The second kappa shape index (κ2) is 4.50. The van der Waals surface area contributed by atoms with E-state index in [2.05, 4.69) is 18.9 Å². The Labute approximate surface area is 115 Å². The molecule has 1 aromatic rings. The highest BCUT2D eigenvalue weighted by Crippen LogP contribution is 2.45. The minimum atomic E-state index is -0.658. The van der Waals surface area contributed by atoms with Gasteiger partial charge < -0.3 is 14.7 Å². The zero-order valence-corrected chi connectivity index (χ0v) is 12.0. The summed E-state index contributed by atoms with van der Waals surface area (Å²) in [5.41, 5.74) is 1.55. The van der Waals surface area contributed by atoms with Crippen LogP contribution in [0.2, 0.25) is 0 Å². The summed E-state index contributed by atoms with van der Waals surface area (Å²) in [5, 5.41) is 11.1. The van der Waals surface area contributed by atoms with Crippen molar-refractivity contribution in [1.82, 2.24) is 4.90 Å². The monoisotopic (exact) mass is 261 g/mol. The van der Waals surface area contributed by atoms with Gasteiger partial charge in [-0.1, -0.05) is 6.07 Å². The summed E-state index contributed by atoms with van der Waals surface area (Å²) in [6, 6.07) is 7.09. The van der Waals surface area contributed by atoms with Crippen LogP contribution in [0.25, 0.3) is 0 Å². The highest BCUT2D eigenvalue weighted by molar-refractivity contribution is 5.39. The van der Waals surface area contributed by atoms with Crippen LogP contribution in [0, 0.1) is 6.92 Å². The molecule has 104 valence electrons. The number of benzene rings is 1. The highest BCUT2D eigenvalue weighted by Gasteiger charge is 2.47. The van der Waals surface area contributed by atoms with Crippen LogP contribution < -0.4 is 4.74 Å². The molecule has 0 aliphatic carbocycles. The maximum Gasteiger partial charge on any atom is 0.119 e. The predicted molar refractivity (Wildman–Crippen MR) is 75.4 cm³/mol. The van der Waals surface area contributed by atoms with E-state index in [0.717, 1.165) is 29.7 Å². The van der Waals surface area contributed by atoms with Gasteiger partial charge in [-0.05, 0) is 62.9 Å². The van der Waals surface area contributed by atoms with Gasteiger partial charge in [0.2, 0.25) is 0 Å². The Balaban J connectivity index is 1.93. The van der Waals surface area contributed by atoms with E-state index in [-0.39, 0.29) is 0 Å². The lowest BCUT2D eigenvalue weighted by Crippen LogP contribution is -2.47. The maximum atomic E-state index is 11.1.